The highest BCUT2D eigenvalue weighted by Crippen LogP contribution is 2.45. The fourth-order valence-corrected chi connectivity index (χ4v) is 5.56. The fourth-order valence-electron chi connectivity index (χ4n) is 5.21. The molecule has 0 radical (unpaired) electrons. The van der Waals surface area contributed by atoms with E-state index in [2.05, 4.69) is 21.7 Å². The van der Waals surface area contributed by atoms with Gasteiger partial charge in [-0.2, -0.15) is 0 Å². The maximum Gasteiger partial charge on any atom is 0.224 e. The van der Waals surface area contributed by atoms with Gasteiger partial charge in [0.25, 0.3) is 0 Å². The second-order valence-electron chi connectivity index (χ2n) is 9.40. The Morgan fingerprint density at radius 2 is 1.90 bits per heavy atom. The maximum absolute atomic E-state index is 14.9. The Kier molecular flexibility index (Phi) is 7.34. The summed E-state index contributed by atoms with van der Waals surface area (Å²) in [7, 11) is 1.57. The molecule has 1 aliphatic rings. The summed E-state index contributed by atoms with van der Waals surface area (Å²) in [6.45, 7) is 5.76. The van der Waals surface area contributed by atoms with E-state index in [1.165, 1.54) is 6.07 Å². The number of para-hydroxylation sites is 1. The first-order valence-electron chi connectivity index (χ1n) is 12.8. The summed E-state index contributed by atoms with van der Waals surface area (Å²) in [6.07, 6.45) is 2.12. The maximum atomic E-state index is 14.9. The lowest BCUT2D eigenvalue weighted by atomic mass is 9.96. The van der Waals surface area contributed by atoms with Crippen molar-refractivity contribution in [3.63, 3.8) is 0 Å². The number of thiocarbonyl (C=S) groups is 1. The molecular formula is C30H30FN5O2S. The average Bonchev–Trinajstić information content (AvgIpc) is 3.44. The summed E-state index contributed by atoms with van der Waals surface area (Å²) in [5, 5.41) is 6.88. The number of anilines is 2. The fraction of sp³-hybridized carbons (Fsp3) is 0.233. The molecule has 3 heterocycles. The van der Waals surface area contributed by atoms with E-state index in [1.807, 2.05) is 65.8 Å². The summed E-state index contributed by atoms with van der Waals surface area (Å²) in [5.74, 6) is 0.126. The smallest absolute Gasteiger partial charge is 0.224 e. The zero-order valence-corrected chi connectivity index (χ0v) is 23.1. The largest absolute Gasteiger partial charge is 0.494 e. The van der Waals surface area contributed by atoms with Gasteiger partial charge >= 0.3 is 0 Å². The summed E-state index contributed by atoms with van der Waals surface area (Å²) >= 11 is 5.88. The van der Waals surface area contributed by atoms with Crippen LogP contribution in [0.2, 0.25) is 0 Å². The van der Waals surface area contributed by atoms with Crippen molar-refractivity contribution in [1.29, 1.82) is 0 Å². The van der Waals surface area contributed by atoms with Crippen molar-refractivity contribution in [1.82, 2.24) is 14.9 Å². The third kappa shape index (κ3) is 4.85. The molecule has 2 aromatic carbocycles. The molecule has 0 spiro atoms. The van der Waals surface area contributed by atoms with E-state index in [0.717, 1.165) is 28.3 Å². The van der Waals surface area contributed by atoms with Gasteiger partial charge in [-0.05, 0) is 74.1 Å². The second-order valence-corrected chi connectivity index (χ2v) is 9.78. The topological polar surface area (TPSA) is 71.4 Å². The SMILES string of the molecule is CCC(=O)Nc1ccc(N2C(=S)N[C@H](c3ccccn3)[C@@H]2c2cc(C)n(-c3ccccc3F)c2C)cc1OC. The first-order chi connectivity index (χ1) is 18.8. The van der Waals surface area contributed by atoms with Crippen molar-refractivity contribution in [2.24, 2.45) is 0 Å². The minimum atomic E-state index is -0.293. The molecule has 1 fully saturated rings. The Bertz CT molecular complexity index is 1540. The van der Waals surface area contributed by atoms with Gasteiger partial charge in [0.05, 0.1) is 36.3 Å². The van der Waals surface area contributed by atoms with E-state index in [-0.39, 0.29) is 23.8 Å². The minimum absolute atomic E-state index is 0.104. The number of rotatable bonds is 7. The van der Waals surface area contributed by atoms with Crippen molar-refractivity contribution < 1.29 is 13.9 Å². The van der Waals surface area contributed by atoms with Gasteiger partial charge in [0, 0.05) is 35.8 Å². The molecule has 7 nitrogen and oxygen atoms in total. The number of pyridine rings is 1. The van der Waals surface area contributed by atoms with Crippen LogP contribution >= 0.6 is 12.2 Å². The minimum Gasteiger partial charge on any atom is -0.494 e. The molecule has 0 bridgehead atoms. The first-order valence-corrected chi connectivity index (χ1v) is 13.2. The van der Waals surface area contributed by atoms with Crippen LogP contribution in [0, 0.1) is 19.7 Å². The second kappa shape index (κ2) is 10.9. The molecule has 1 saturated heterocycles. The van der Waals surface area contributed by atoms with Crippen LogP contribution in [0.15, 0.2) is 72.9 Å². The molecule has 2 N–H and O–H groups in total. The number of hydrogen-bond acceptors (Lipinski definition) is 4. The lowest BCUT2D eigenvalue weighted by molar-refractivity contribution is -0.115. The van der Waals surface area contributed by atoms with Crippen LogP contribution in [0.25, 0.3) is 5.69 Å². The van der Waals surface area contributed by atoms with Gasteiger partial charge in [-0.1, -0.05) is 25.1 Å². The Morgan fingerprint density at radius 1 is 1.13 bits per heavy atom. The number of hydrogen-bond donors (Lipinski definition) is 2. The number of ether oxygens (including phenoxy) is 1. The number of carbonyl (C=O) groups is 1. The van der Waals surface area contributed by atoms with Gasteiger partial charge in [-0.15, -0.1) is 0 Å². The Morgan fingerprint density at radius 3 is 2.59 bits per heavy atom. The Balaban J connectivity index is 1.66. The number of aryl methyl sites for hydroxylation is 1. The predicted octanol–water partition coefficient (Wildman–Crippen LogP) is 6.16. The van der Waals surface area contributed by atoms with Crippen LogP contribution in [0.4, 0.5) is 15.8 Å². The van der Waals surface area contributed by atoms with E-state index in [1.54, 1.807) is 32.4 Å². The summed E-state index contributed by atoms with van der Waals surface area (Å²) in [5.41, 5.74) is 5.49. The number of amides is 1. The third-order valence-corrected chi connectivity index (χ3v) is 7.35. The van der Waals surface area contributed by atoms with Gasteiger partial charge < -0.3 is 24.8 Å². The molecule has 0 aliphatic carbocycles. The predicted molar refractivity (Wildman–Crippen MR) is 155 cm³/mol. The van der Waals surface area contributed by atoms with E-state index in [4.69, 9.17) is 17.0 Å². The highest BCUT2D eigenvalue weighted by atomic mass is 32.1. The zero-order valence-electron chi connectivity index (χ0n) is 22.2. The summed E-state index contributed by atoms with van der Waals surface area (Å²) in [6, 6.07) is 19.7. The molecule has 1 aliphatic heterocycles. The van der Waals surface area contributed by atoms with Gasteiger partial charge in [0.1, 0.15) is 11.6 Å². The van der Waals surface area contributed by atoms with E-state index < -0.39 is 0 Å². The van der Waals surface area contributed by atoms with Crippen molar-refractivity contribution >= 4 is 34.6 Å². The molecule has 9 heteroatoms. The molecule has 0 unspecified atom stereocenters. The van der Waals surface area contributed by atoms with Crippen LogP contribution in [0.1, 0.15) is 48.1 Å². The molecule has 2 atom stereocenters. The standard InChI is InChI=1S/C30H30FN5O2S/c1-5-27(37)33-23-14-13-20(17-26(23)38-4)36-29(28(34-30(36)39)24-11-8-9-15-32-24)21-16-18(2)35(19(21)3)25-12-7-6-10-22(25)31/h6-17,28-29H,5H2,1-4H3,(H,33,37)(H,34,39)/t28-,29+/m1/s1. The van der Waals surface area contributed by atoms with Crippen molar-refractivity contribution in [2.45, 2.75) is 39.3 Å². The monoisotopic (exact) mass is 543 g/mol. The Hall–Kier alpha value is -4.24. The first kappa shape index (κ1) is 26.4. The number of nitrogens with zero attached hydrogens (tertiary/aromatic N) is 3. The molecule has 39 heavy (non-hydrogen) atoms. The lowest BCUT2D eigenvalue weighted by Crippen LogP contribution is -2.29. The molecule has 5 rings (SSSR count). The normalized spacial score (nSPS) is 16.7. The quantitative estimate of drug-likeness (QED) is 0.272. The van der Waals surface area contributed by atoms with Crippen molar-refractivity contribution in [3.8, 4) is 11.4 Å². The third-order valence-electron chi connectivity index (χ3n) is 7.04. The number of carbonyl (C=O) groups excluding carboxylic acids is 1. The van der Waals surface area contributed by atoms with Gasteiger partial charge in [-0.3, -0.25) is 9.78 Å². The van der Waals surface area contributed by atoms with Crippen LogP contribution in [0.3, 0.4) is 0 Å². The van der Waals surface area contributed by atoms with Crippen LogP contribution < -0.4 is 20.3 Å². The van der Waals surface area contributed by atoms with Crippen molar-refractivity contribution in [2.75, 3.05) is 17.3 Å². The summed E-state index contributed by atoms with van der Waals surface area (Å²) < 4.78 is 22.5. The number of nitrogens with one attached hydrogen (secondary N) is 2. The van der Waals surface area contributed by atoms with Crippen LogP contribution in [-0.2, 0) is 4.79 Å². The van der Waals surface area contributed by atoms with Crippen LogP contribution in [-0.4, -0.2) is 27.7 Å². The highest BCUT2D eigenvalue weighted by Gasteiger charge is 2.42. The number of benzene rings is 2. The van der Waals surface area contributed by atoms with E-state index in [9.17, 15) is 9.18 Å². The van der Waals surface area contributed by atoms with Crippen LogP contribution in [0.5, 0.6) is 5.75 Å². The van der Waals surface area contributed by atoms with Gasteiger partial charge in [0.15, 0.2) is 5.11 Å². The van der Waals surface area contributed by atoms with Gasteiger partial charge in [-0.25, -0.2) is 4.39 Å². The number of methoxy groups -OCH3 is 1. The Labute approximate surface area is 232 Å². The van der Waals surface area contributed by atoms with E-state index in [0.29, 0.717) is 28.7 Å². The molecule has 4 aromatic rings. The van der Waals surface area contributed by atoms with Gasteiger partial charge in [0.2, 0.25) is 5.91 Å². The molecule has 1 amide bonds. The number of aromatic nitrogens is 2. The number of halogens is 1. The van der Waals surface area contributed by atoms with Crippen molar-refractivity contribution in [3.05, 3.63) is 101 Å². The average molecular weight is 544 g/mol. The molecule has 0 saturated carbocycles. The zero-order chi connectivity index (χ0) is 27.7. The molecular weight excluding hydrogens is 513 g/mol. The molecule has 200 valence electrons. The highest BCUT2D eigenvalue weighted by molar-refractivity contribution is 7.80. The lowest BCUT2D eigenvalue weighted by Gasteiger charge is -2.29. The molecule has 2 aromatic heterocycles. The van der Waals surface area contributed by atoms with E-state index >= 15 is 0 Å². The summed E-state index contributed by atoms with van der Waals surface area (Å²) in [4.78, 5) is 18.7.